The molecule has 3 saturated heterocycles. The van der Waals surface area contributed by atoms with Gasteiger partial charge in [0.25, 0.3) is 5.91 Å². The summed E-state index contributed by atoms with van der Waals surface area (Å²) in [6, 6.07) is 16.1. The number of aromatic nitrogens is 2. The molecule has 15 nitrogen and oxygen atoms in total. The van der Waals surface area contributed by atoms with Crippen LogP contribution in [-0.2, 0) is 32.8 Å². The van der Waals surface area contributed by atoms with Gasteiger partial charge in [-0.3, -0.25) is 34.1 Å². The summed E-state index contributed by atoms with van der Waals surface area (Å²) >= 11 is 0. The van der Waals surface area contributed by atoms with Crippen molar-refractivity contribution in [2.45, 2.75) is 57.0 Å². The number of aliphatic hydroxyl groups is 1. The Morgan fingerprint density at radius 3 is 2.47 bits per heavy atom. The SMILES string of the molecule is O=C1CC[C@H](N2Cc3cc(CC[C@@H](O)CN4CCN(c5ccc(-c6cnc7[nH]cc(C(=O)c8c(F)ccc(NS(=O)(=O)N9CC[C@@H](F)C9)c8F)c7c6)cc5)CC4)ccc3C2=O)C(=O)N1. The molecule has 3 aromatic carbocycles. The van der Waals surface area contributed by atoms with Gasteiger partial charge in [-0.1, -0.05) is 24.3 Å². The molecular weight excluding hydrogens is 854 g/mol. The van der Waals surface area contributed by atoms with E-state index in [0.29, 0.717) is 54.5 Å². The van der Waals surface area contributed by atoms with Gasteiger partial charge in [-0.25, -0.2) is 18.2 Å². The first-order valence-electron chi connectivity index (χ1n) is 21.2. The van der Waals surface area contributed by atoms with Crippen LogP contribution in [0.15, 0.2) is 73.1 Å². The molecule has 0 aliphatic carbocycles. The molecule has 4 aliphatic rings. The summed E-state index contributed by atoms with van der Waals surface area (Å²) in [6.07, 6.45) is 2.66. The average molecular weight is 899 g/mol. The Hall–Kier alpha value is -6.15. The molecule has 4 N–H and O–H groups in total. The van der Waals surface area contributed by atoms with Crippen molar-refractivity contribution in [3.8, 4) is 11.1 Å². The monoisotopic (exact) mass is 898 g/mol. The molecule has 0 unspecified atom stereocenters. The first-order chi connectivity index (χ1) is 30.7. The fourth-order valence-electron chi connectivity index (χ4n) is 8.99. The van der Waals surface area contributed by atoms with Crippen molar-refractivity contribution >= 4 is 56.1 Å². The van der Waals surface area contributed by atoms with Crippen LogP contribution < -0.4 is 14.9 Å². The number of hydrogen-bond donors (Lipinski definition) is 4. The smallest absolute Gasteiger partial charge is 0.301 e. The molecule has 5 aromatic rings. The maximum absolute atomic E-state index is 15.7. The molecule has 3 fully saturated rings. The molecule has 0 bridgehead atoms. The molecule has 0 spiro atoms. The summed E-state index contributed by atoms with van der Waals surface area (Å²) in [5, 5.41) is 13.6. The number of fused-ring (bicyclic) bond motifs is 2. The predicted molar refractivity (Wildman–Crippen MR) is 230 cm³/mol. The molecule has 2 aromatic heterocycles. The standard InChI is InChI=1S/C45H45F3N8O7S/c46-30-13-14-55(24-30)64(62,63)52-37-10-9-36(47)40(41(37)48)42(59)35-22-50-43-34(35)20-28(21-49-43)27-3-5-31(6-4-27)54-17-15-53(16-18-54)25-32(57)7-1-26-2-8-33-29(19-26)23-56(45(33)61)38-11-12-39(58)51-44(38)60/h2-6,8-10,19-22,30,32,38,52,57H,1,7,11-18,23-25H2,(H,49,50)(H,51,58,60)/t30-,32-,38+/m1/s1. The molecule has 3 amide bonds. The van der Waals surface area contributed by atoms with Crippen LogP contribution in [-0.4, -0.2) is 125 Å². The van der Waals surface area contributed by atoms with Gasteiger partial charge in [0.15, 0.2) is 5.82 Å². The number of piperazine rings is 1. The molecule has 6 heterocycles. The zero-order chi connectivity index (χ0) is 44.9. The normalized spacial score (nSPS) is 20.2. The summed E-state index contributed by atoms with van der Waals surface area (Å²) in [7, 11) is -4.37. The van der Waals surface area contributed by atoms with Crippen molar-refractivity contribution in [1.29, 1.82) is 0 Å². The highest BCUT2D eigenvalue weighted by Crippen LogP contribution is 2.32. The van der Waals surface area contributed by atoms with Crippen molar-refractivity contribution in [1.82, 2.24) is 29.4 Å². The Labute approximate surface area is 366 Å². The molecule has 64 heavy (non-hydrogen) atoms. The van der Waals surface area contributed by atoms with Gasteiger partial charge < -0.3 is 19.9 Å². The second kappa shape index (κ2) is 17.4. The number of imide groups is 1. The van der Waals surface area contributed by atoms with Crippen LogP contribution in [0, 0.1) is 11.6 Å². The van der Waals surface area contributed by atoms with Crippen molar-refractivity contribution in [3.63, 3.8) is 0 Å². The number of ketones is 1. The zero-order valence-corrected chi connectivity index (χ0v) is 35.3. The summed E-state index contributed by atoms with van der Waals surface area (Å²) in [5.74, 6) is -4.59. The number of halogens is 3. The van der Waals surface area contributed by atoms with Gasteiger partial charge >= 0.3 is 10.2 Å². The third-order valence-electron chi connectivity index (χ3n) is 12.5. The Morgan fingerprint density at radius 1 is 0.953 bits per heavy atom. The van der Waals surface area contributed by atoms with Crippen LogP contribution in [0.1, 0.15) is 63.1 Å². The maximum Gasteiger partial charge on any atom is 0.301 e. The third kappa shape index (κ3) is 8.59. The fourth-order valence-corrected chi connectivity index (χ4v) is 10.3. The van der Waals surface area contributed by atoms with E-state index >= 15 is 8.78 Å². The number of benzene rings is 3. The number of β-amino-alcohol motifs (C(OH)–C–C–N with tert-alkyl or cyclic N) is 1. The van der Waals surface area contributed by atoms with Crippen LogP contribution in [0.4, 0.5) is 24.5 Å². The number of aliphatic hydroxyl groups excluding tert-OH is 1. The Kier molecular flexibility index (Phi) is 11.7. The number of amides is 3. The highest BCUT2D eigenvalue weighted by Gasteiger charge is 2.39. The minimum Gasteiger partial charge on any atom is -0.392 e. The van der Waals surface area contributed by atoms with E-state index in [1.165, 1.54) is 11.1 Å². The van der Waals surface area contributed by atoms with E-state index in [-0.39, 0.29) is 36.8 Å². The van der Waals surface area contributed by atoms with E-state index in [0.717, 1.165) is 65.0 Å². The number of nitrogens with one attached hydrogen (secondary N) is 3. The summed E-state index contributed by atoms with van der Waals surface area (Å²) in [5.41, 5.74) is 3.47. The van der Waals surface area contributed by atoms with Crippen molar-refractivity contribution in [2.75, 3.05) is 55.4 Å². The van der Waals surface area contributed by atoms with Gasteiger partial charge in [0.1, 0.15) is 23.7 Å². The van der Waals surface area contributed by atoms with E-state index in [1.54, 1.807) is 18.3 Å². The highest BCUT2D eigenvalue weighted by atomic mass is 32.2. The first kappa shape index (κ1) is 43.1. The lowest BCUT2D eigenvalue weighted by molar-refractivity contribution is -0.136. The molecule has 19 heteroatoms. The second-order valence-electron chi connectivity index (χ2n) is 16.7. The van der Waals surface area contributed by atoms with Crippen molar-refractivity contribution in [2.24, 2.45) is 0 Å². The number of alkyl halides is 1. The lowest BCUT2D eigenvalue weighted by Gasteiger charge is -2.37. The van der Waals surface area contributed by atoms with Crippen molar-refractivity contribution in [3.05, 3.63) is 113 Å². The predicted octanol–water partition coefficient (Wildman–Crippen LogP) is 4.32. The maximum atomic E-state index is 15.7. The number of carbonyl (C=O) groups is 4. The van der Waals surface area contributed by atoms with Crippen LogP contribution in [0.5, 0.6) is 0 Å². The summed E-state index contributed by atoms with van der Waals surface area (Å²) in [4.78, 5) is 64.1. The van der Waals surface area contributed by atoms with E-state index < -0.39 is 69.6 Å². The lowest BCUT2D eigenvalue weighted by Crippen LogP contribution is -2.52. The summed E-state index contributed by atoms with van der Waals surface area (Å²) < 4.78 is 73.0. The van der Waals surface area contributed by atoms with E-state index in [2.05, 4.69) is 25.1 Å². The number of nitrogens with zero attached hydrogens (tertiary/aromatic N) is 5. The number of rotatable bonds is 13. The highest BCUT2D eigenvalue weighted by molar-refractivity contribution is 7.90. The number of piperidine rings is 1. The van der Waals surface area contributed by atoms with E-state index in [9.17, 15) is 37.1 Å². The molecule has 9 rings (SSSR count). The minimum atomic E-state index is -4.37. The van der Waals surface area contributed by atoms with Crippen LogP contribution >= 0.6 is 0 Å². The van der Waals surface area contributed by atoms with Gasteiger partial charge in [-0.15, -0.1) is 0 Å². The number of aryl methyl sites for hydroxylation is 1. The topological polar surface area (TPSA) is 188 Å². The van der Waals surface area contributed by atoms with Crippen LogP contribution in [0.2, 0.25) is 0 Å². The fraction of sp³-hybridized carbons (Fsp3) is 0.356. The minimum absolute atomic E-state index is 0.00482. The largest absolute Gasteiger partial charge is 0.392 e. The van der Waals surface area contributed by atoms with Gasteiger partial charge in [0.05, 0.1) is 17.4 Å². The number of aromatic amines is 1. The number of hydrogen-bond acceptors (Lipinski definition) is 10. The summed E-state index contributed by atoms with van der Waals surface area (Å²) in [6.45, 7) is 3.29. The number of carbonyl (C=O) groups excluding carboxylic acids is 4. The molecule has 0 saturated carbocycles. The van der Waals surface area contributed by atoms with Gasteiger partial charge in [0, 0.05) is 98.9 Å². The lowest BCUT2D eigenvalue weighted by atomic mass is 9.99. The van der Waals surface area contributed by atoms with Gasteiger partial charge in [-0.2, -0.15) is 12.7 Å². The number of anilines is 2. The zero-order valence-electron chi connectivity index (χ0n) is 34.5. The molecule has 4 aliphatic heterocycles. The Bertz CT molecular complexity index is 2780. The van der Waals surface area contributed by atoms with Gasteiger partial charge in [0.2, 0.25) is 17.6 Å². The molecule has 3 atom stereocenters. The molecular formula is C45H45F3N8O7S. The van der Waals surface area contributed by atoms with Crippen LogP contribution in [0.3, 0.4) is 0 Å². The first-order valence-corrected chi connectivity index (χ1v) is 22.6. The molecule has 0 radical (unpaired) electrons. The van der Waals surface area contributed by atoms with E-state index in [1.807, 2.05) is 41.1 Å². The average Bonchev–Trinajstić information content (AvgIpc) is 4.01. The van der Waals surface area contributed by atoms with Crippen molar-refractivity contribution < 1.29 is 45.9 Å². The number of H-pyrrole nitrogens is 1. The Balaban J connectivity index is 0.789. The third-order valence-corrected chi connectivity index (χ3v) is 14.0. The quantitative estimate of drug-likeness (QED) is 0.0980. The van der Waals surface area contributed by atoms with Gasteiger partial charge in [-0.05, 0) is 78.8 Å². The van der Waals surface area contributed by atoms with E-state index in [4.69, 9.17) is 0 Å². The Morgan fingerprint density at radius 2 is 1.73 bits per heavy atom. The van der Waals surface area contributed by atoms with Crippen LogP contribution in [0.25, 0.3) is 22.2 Å². The number of pyridine rings is 1. The molecule has 334 valence electrons. The second-order valence-corrected chi connectivity index (χ2v) is 18.4.